The zero-order valence-electron chi connectivity index (χ0n) is 21.2. The van der Waals surface area contributed by atoms with Crippen molar-refractivity contribution in [3.63, 3.8) is 0 Å². The van der Waals surface area contributed by atoms with Gasteiger partial charge in [-0.2, -0.15) is 0 Å². The van der Waals surface area contributed by atoms with E-state index in [4.69, 9.17) is 11.6 Å². The fourth-order valence-electron chi connectivity index (χ4n) is 4.07. The normalized spacial score (nSPS) is 12.0. The second-order valence-electron chi connectivity index (χ2n) is 8.63. The van der Waals surface area contributed by atoms with Gasteiger partial charge in [-0.25, -0.2) is 8.42 Å². The molecule has 0 heterocycles. The molecule has 0 unspecified atom stereocenters. The summed E-state index contributed by atoms with van der Waals surface area (Å²) in [5.41, 5.74) is 2.16. The highest BCUT2D eigenvalue weighted by molar-refractivity contribution is 7.92. The number of nitrogens with zero attached hydrogens (tertiary/aromatic N) is 2. The van der Waals surface area contributed by atoms with Crippen molar-refractivity contribution in [1.29, 1.82) is 0 Å². The number of sulfonamides is 1. The van der Waals surface area contributed by atoms with Crippen molar-refractivity contribution in [2.45, 2.75) is 44.7 Å². The third-order valence-corrected chi connectivity index (χ3v) is 7.94. The van der Waals surface area contributed by atoms with Crippen molar-refractivity contribution in [2.24, 2.45) is 0 Å². The molecule has 0 aliphatic carbocycles. The van der Waals surface area contributed by atoms with E-state index >= 15 is 0 Å². The van der Waals surface area contributed by atoms with Crippen LogP contribution in [0.15, 0.2) is 83.8 Å². The fourth-order valence-corrected chi connectivity index (χ4v) is 5.64. The number of nitrogens with one attached hydrogen (secondary N) is 1. The number of carbonyl (C=O) groups is 2. The van der Waals surface area contributed by atoms with Gasteiger partial charge in [-0.05, 0) is 62.2 Å². The van der Waals surface area contributed by atoms with Crippen LogP contribution in [-0.4, -0.2) is 44.3 Å². The average molecular weight is 542 g/mol. The molecule has 3 aromatic rings. The van der Waals surface area contributed by atoms with Gasteiger partial charge in [0.2, 0.25) is 11.8 Å². The molecule has 196 valence electrons. The minimum absolute atomic E-state index is 0.0544. The number of anilines is 1. The van der Waals surface area contributed by atoms with E-state index in [0.717, 1.165) is 15.4 Å². The van der Waals surface area contributed by atoms with Gasteiger partial charge in [0.1, 0.15) is 12.6 Å². The van der Waals surface area contributed by atoms with Crippen LogP contribution < -0.4 is 9.62 Å². The summed E-state index contributed by atoms with van der Waals surface area (Å²) in [6, 6.07) is 21.1. The molecule has 1 N–H and O–H groups in total. The Kier molecular flexibility index (Phi) is 9.72. The Hall–Kier alpha value is -3.36. The lowest BCUT2D eigenvalue weighted by molar-refractivity contribution is -0.140. The Balaban J connectivity index is 2.04. The van der Waals surface area contributed by atoms with Crippen molar-refractivity contribution in [3.05, 3.63) is 95.0 Å². The second kappa shape index (κ2) is 12.7. The Morgan fingerprint density at radius 3 is 2.22 bits per heavy atom. The predicted octanol–water partition coefficient (Wildman–Crippen LogP) is 4.79. The van der Waals surface area contributed by atoms with Crippen LogP contribution in [0.1, 0.15) is 31.4 Å². The van der Waals surface area contributed by atoms with Gasteiger partial charge in [0.05, 0.1) is 10.6 Å². The highest BCUT2D eigenvalue weighted by Crippen LogP contribution is 2.26. The molecule has 0 aromatic heterocycles. The number of aryl methyl sites for hydroxylation is 1. The number of benzene rings is 3. The SMILES string of the molecule is CCNC(=O)[C@H](CC)N(Cc1cccc(C)c1)C(=O)CN(c1ccc(Cl)cc1)S(=O)(=O)c1ccccc1. The van der Waals surface area contributed by atoms with E-state index in [0.29, 0.717) is 23.7 Å². The zero-order chi connectivity index (χ0) is 27.0. The third-order valence-electron chi connectivity index (χ3n) is 5.90. The van der Waals surface area contributed by atoms with Crippen molar-refractivity contribution in [2.75, 3.05) is 17.4 Å². The van der Waals surface area contributed by atoms with Crippen LogP contribution in [0.2, 0.25) is 5.02 Å². The minimum Gasteiger partial charge on any atom is -0.355 e. The average Bonchev–Trinajstić information content (AvgIpc) is 2.88. The monoisotopic (exact) mass is 541 g/mol. The van der Waals surface area contributed by atoms with Crippen molar-refractivity contribution >= 4 is 39.1 Å². The van der Waals surface area contributed by atoms with Crippen LogP contribution in [0.4, 0.5) is 5.69 Å². The van der Waals surface area contributed by atoms with E-state index in [1.807, 2.05) is 45.0 Å². The summed E-state index contributed by atoms with van der Waals surface area (Å²) in [7, 11) is -4.10. The number of amides is 2. The van der Waals surface area contributed by atoms with E-state index in [2.05, 4.69) is 5.32 Å². The van der Waals surface area contributed by atoms with E-state index in [-0.39, 0.29) is 17.3 Å². The molecule has 1 atom stereocenters. The number of halogens is 1. The van der Waals surface area contributed by atoms with Gasteiger partial charge in [0.25, 0.3) is 10.0 Å². The molecule has 0 aliphatic rings. The van der Waals surface area contributed by atoms with E-state index < -0.39 is 28.5 Å². The number of hydrogen-bond acceptors (Lipinski definition) is 4. The summed E-state index contributed by atoms with van der Waals surface area (Å²) < 4.78 is 28.5. The van der Waals surface area contributed by atoms with Crippen LogP contribution >= 0.6 is 11.6 Å². The molecule has 3 aromatic carbocycles. The molecule has 0 saturated heterocycles. The molecule has 0 radical (unpaired) electrons. The maximum Gasteiger partial charge on any atom is 0.264 e. The van der Waals surface area contributed by atoms with Crippen molar-refractivity contribution < 1.29 is 18.0 Å². The lowest BCUT2D eigenvalue weighted by Crippen LogP contribution is -2.52. The van der Waals surface area contributed by atoms with Crippen LogP contribution in [0.5, 0.6) is 0 Å². The third kappa shape index (κ3) is 7.11. The standard InChI is InChI=1S/C28H32ClN3O4S/c1-4-26(28(34)30-5-2)31(19-22-11-9-10-21(3)18-22)27(33)20-32(24-16-14-23(29)15-17-24)37(35,36)25-12-7-6-8-13-25/h6-18,26H,4-5,19-20H2,1-3H3,(H,30,34)/t26-/m0/s1. The summed E-state index contributed by atoms with van der Waals surface area (Å²) in [5, 5.41) is 3.24. The maximum atomic E-state index is 13.9. The number of rotatable bonds is 11. The molecule has 0 spiro atoms. The van der Waals surface area contributed by atoms with Gasteiger partial charge in [-0.15, -0.1) is 0 Å². The molecule has 37 heavy (non-hydrogen) atoms. The molecule has 0 fully saturated rings. The number of hydrogen-bond donors (Lipinski definition) is 1. The maximum absolute atomic E-state index is 13.9. The van der Waals surface area contributed by atoms with Crippen LogP contribution in [0.25, 0.3) is 0 Å². The van der Waals surface area contributed by atoms with E-state index in [1.54, 1.807) is 42.5 Å². The van der Waals surface area contributed by atoms with Crippen LogP contribution in [0, 0.1) is 6.92 Å². The summed E-state index contributed by atoms with van der Waals surface area (Å²) in [5.74, 6) is -0.774. The first-order chi connectivity index (χ1) is 17.7. The van der Waals surface area contributed by atoms with Gasteiger partial charge in [-0.3, -0.25) is 13.9 Å². The molecule has 9 heteroatoms. The van der Waals surface area contributed by atoms with Crippen LogP contribution in [0.3, 0.4) is 0 Å². The Morgan fingerprint density at radius 1 is 0.946 bits per heavy atom. The Morgan fingerprint density at radius 2 is 1.62 bits per heavy atom. The first-order valence-electron chi connectivity index (χ1n) is 12.1. The van der Waals surface area contributed by atoms with Gasteiger partial charge < -0.3 is 10.2 Å². The van der Waals surface area contributed by atoms with Gasteiger partial charge in [-0.1, -0.05) is 66.6 Å². The molecular formula is C28H32ClN3O4S. The first-order valence-corrected chi connectivity index (χ1v) is 13.9. The van der Waals surface area contributed by atoms with E-state index in [1.165, 1.54) is 17.0 Å². The number of likely N-dealkylation sites (N-methyl/N-ethyl adjacent to an activating group) is 1. The Labute approximate surface area is 224 Å². The minimum atomic E-state index is -4.10. The molecular weight excluding hydrogens is 510 g/mol. The van der Waals surface area contributed by atoms with E-state index in [9.17, 15) is 18.0 Å². The topological polar surface area (TPSA) is 86.8 Å². The number of carbonyl (C=O) groups excluding carboxylic acids is 2. The molecule has 0 aliphatic heterocycles. The highest BCUT2D eigenvalue weighted by atomic mass is 35.5. The summed E-state index contributed by atoms with van der Waals surface area (Å²) in [6.45, 7) is 5.68. The quantitative estimate of drug-likeness (QED) is 0.378. The Bertz CT molecular complexity index is 1310. The molecule has 0 bridgehead atoms. The zero-order valence-corrected chi connectivity index (χ0v) is 22.8. The summed E-state index contributed by atoms with van der Waals surface area (Å²) in [6.07, 6.45) is 0.371. The summed E-state index contributed by atoms with van der Waals surface area (Å²) >= 11 is 6.04. The molecule has 2 amide bonds. The first kappa shape index (κ1) is 28.2. The lowest BCUT2D eigenvalue weighted by atomic mass is 10.1. The highest BCUT2D eigenvalue weighted by Gasteiger charge is 2.33. The molecule has 0 saturated carbocycles. The van der Waals surface area contributed by atoms with Gasteiger partial charge in [0.15, 0.2) is 0 Å². The van der Waals surface area contributed by atoms with Crippen molar-refractivity contribution in [3.8, 4) is 0 Å². The lowest BCUT2D eigenvalue weighted by Gasteiger charge is -2.33. The fraction of sp³-hybridized carbons (Fsp3) is 0.286. The molecule has 7 nitrogen and oxygen atoms in total. The summed E-state index contributed by atoms with van der Waals surface area (Å²) in [4.78, 5) is 28.3. The van der Waals surface area contributed by atoms with Gasteiger partial charge in [0, 0.05) is 18.1 Å². The van der Waals surface area contributed by atoms with Crippen LogP contribution in [-0.2, 0) is 26.2 Å². The predicted molar refractivity (Wildman–Crippen MR) is 147 cm³/mol. The van der Waals surface area contributed by atoms with Gasteiger partial charge >= 0.3 is 0 Å². The largest absolute Gasteiger partial charge is 0.355 e. The van der Waals surface area contributed by atoms with Crippen molar-refractivity contribution in [1.82, 2.24) is 10.2 Å². The molecule has 3 rings (SSSR count). The second-order valence-corrected chi connectivity index (χ2v) is 10.9. The smallest absolute Gasteiger partial charge is 0.264 e.